The van der Waals surface area contributed by atoms with Crippen LogP contribution in [0, 0.1) is 5.92 Å². The number of carbonyl (C=O) groups excluding carboxylic acids is 1. The first-order chi connectivity index (χ1) is 13.4. The minimum atomic E-state index is -0.348. The maximum absolute atomic E-state index is 12.0. The Kier molecular flexibility index (Phi) is 6.47. The Balaban J connectivity index is 2.03. The highest BCUT2D eigenvalue weighted by molar-refractivity contribution is 6.32. The quantitative estimate of drug-likeness (QED) is 0.780. The molecule has 28 heavy (non-hydrogen) atoms. The molecule has 148 valence electrons. The van der Waals surface area contributed by atoms with Gasteiger partial charge in [-0.05, 0) is 49.1 Å². The first kappa shape index (κ1) is 20.5. The van der Waals surface area contributed by atoms with Crippen LogP contribution in [0.4, 0.5) is 0 Å². The van der Waals surface area contributed by atoms with Crippen molar-refractivity contribution in [3.05, 3.63) is 68.1 Å². The molecule has 0 spiro atoms. The second kappa shape index (κ2) is 8.84. The molecule has 5 nitrogen and oxygen atoms in total. The number of pyridine rings is 1. The average molecular weight is 421 g/mol. The average Bonchev–Trinajstić information content (AvgIpc) is 3.13. The minimum absolute atomic E-state index is 0.0708. The van der Waals surface area contributed by atoms with E-state index < -0.39 is 0 Å². The highest BCUT2D eigenvalue weighted by Gasteiger charge is 2.24. The Labute approximate surface area is 173 Å². The summed E-state index contributed by atoms with van der Waals surface area (Å²) < 4.78 is 5.51. The maximum atomic E-state index is 12.0. The number of halogens is 2. The molecule has 1 fully saturated rings. The van der Waals surface area contributed by atoms with Crippen LogP contribution in [0.2, 0.25) is 10.0 Å². The van der Waals surface area contributed by atoms with E-state index in [9.17, 15) is 9.59 Å². The van der Waals surface area contributed by atoms with E-state index in [2.05, 4.69) is 11.1 Å². The largest absolute Gasteiger partial charge is 0.492 e. The number of benzene rings is 1. The number of aromatic amines is 1. The van der Waals surface area contributed by atoms with Gasteiger partial charge >= 0.3 is 0 Å². The fourth-order valence-corrected chi connectivity index (χ4v) is 3.69. The maximum Gasteiger partial charge on any atom is 0.267 e. The van der Waals surface area contributed by atoms with Crippen molar-refractivity contribution in [3.63, 3.8) is 0 Å². The fourth-order valence-electron chi connectivity index (χ4n) is 3.34. The Morgan fingerprint density at radius 3 is 2.68 bits per heavy atom. The Morgan fingerprint density at radius 1 is 1.29 bits per heavy atom. The molecule has 3 rings (SSSR count). The molecule has 7 heteroatoms. The Morgan fingerprint density at radius 2 is 2.07 bits per heavy atom. The molecular weight excluding hydrogens is 399 g/mol. The molecule has 0 saturated carbocycles. The summed E-state index contributed by atoms with van der Waals surface area (Å²) in [5.41, 5.74) is 2.00. The first-order valence-electron chi connectivity index (χ1n) is 9.18. The number of ether oxygens (including phenoxy) is 1. The zero-order chi connectivity index (χ0) is 20.3. The third-order valence-corrected chi connectivity index (χ3v) is 5.36. The zero-order valence-corrected chi connectivity index (χ0v) is 17.3. The van der Waals surface area contributed by atoms with E-state index in [0.29, 0.717) is 29.6 Å². The zero-order valence-electron chi connectivity index (χ0n) is 15.8. The van der Waals surface area contributed by atoms with Crippen LogP contribution in [0.15, 0.2) is 41.2 Å². The molecule has 1 atom stereocenters. The van der Waals surface area contributed by atoms with E-state index in [1.807, 2.05) is 30.0 Å². The number of aromatic nitrogens is 1. The molecule has 1 aromatic heterocycles. The van der Waals surface area contributed by atoms with Crippen molar-refractivity contribution in [1.82, 2.24) is 9.88 Å². The highest BCUT2D eigenvalue weighted by Crippen LogP contribution is 2.32. The van der Waals surface area contributed by atoms with Crippen LogP contribution >= 0.6 is 23.2 Å². The number of likely N-dealkylation sites (tertiary alicyclic amines) is 1. The summed E-state index contributed by atoms with van der Waals surface area (Å²) in [5.74, 6) is 0.866. The number of hydrogen-bond donors (Lipinski definition) is 1. The molecule has 0 radical (unpaired) electrons. The van der Waals surface area contributed by atoms with Crippen molar-refractivity contribution in [3.8, 4) is 5.75 Å². The second-order valence-electron chi connectivity index (χ2n) is 6.72. The lowest BCUT2D eigenvalue weighted by Gasteiger charge is -2.15. The van der Waals surface area contributed by atoms with E-state index in [-0.39, 0.29) is 22.4 Å². The summed E-state index contributed by atoms with van der Waals surface area (Å²) in [6.07, 6.45) is 2.96. The van der Waals surface area contributed by atoms with E-state index >= 15 is 0 Å². The lowest BCUT2D eigenvalue weighted by atomic mass is 9.96. The highest BCUT2D eigenvalue weighted by atomic mass is 35.5. The number of nitrogens with zero attached hydrogens (tertiary/aromatic N) is 1. The standard InChI is InChI=1S/C21H22Cl2N2O3/c1-3-28-20-7-4-15(11-18(20)23)16(19-6-5-17(22)21(27)24-19)10-14-8-9-25(12-14)13(2)26/h4-7,10-11,14H,3,8-9,12H2,1-2H3,(H,24,27)/b16-10-/t14-/m1/s1. The predicted molar refractivity (Wildman–Crippen MR) is 112 cm³/mol. The summed E-state index contributed by atoms with van der Waals surface area (Å²) in [6, 6.07) is 8.91. The van der Waals surface area contributed by atoms with Crippen LogP contribution < -0.4 is 10.3 Å². The number of hydrogen-bond acceptors (Lipinski definition) is 3. The summed E-state index contributed by atoms with van der Waals surface area (Å²) in [5, 5.41) is 0.634. The molecule has 0 unspecified atom stereocenters. The monoisotopic (exact) mass is 420 g/mol. The van der Waals surface area contributed by atoms with E-state index in [1.54, 1.807) is 19.1 Å². The van der Waals surface area contributed by atoms with Crippen LogP contribution in [0.25, 0.3) is 5.57 Å². The van der Waals surface area contributed by atoms with Gasteiger partial charge in [0.05, 0.1) is 11.6 Å². The van der Waals surface area contributed by atoms with E-state index in [4.69, 9.17) is 27.9 Å². The topological polar surface area (TPSA) is 62.4 Å². The lowest BCUT2D eigenvalue weighted by Crippen LogP contribution is -2.25. The van der Waals surface area contributed by atoms with Gasteiger partial charge in [0.1, 0.15) is 10.8 Å². The lowest BCUT2D eigenvalue weighted by molar-refractivity contribution is -0.127. The summed E-state index contributed by atoms with van der Waals surface area (Å²) in [7, 11) is 0. The van der Waals surface area contributed by atoms with Crippen molar-refractivity contribution in [2.24, 2.45) is 5.92 Å². The predicted octanol–water partition coefficient (Wildman–Crippen LogP) is 4.38. The number of rotatable bonds is 5. The third kappa shape index (κ3) is 4.59. The molecule has 1 N–H and O–H groups in total. The van der Waals surface area contributed by atoms with Gasteiger partial charge in [-0.15, -0.1) is 0 Å². The van der Waals surface area contributed by atoms with Gasteiger partial charge in [0.15, 0.2) is 0 Å². The molecule has 1 aliphatic heterocycles. The third-order valence-electron chi connectivity index (χ3n) is 4.77. The van der Waals surface area contributed by atoms with Crippen molar-refractivity contribution in [1.29, 1.82) is 0 Å². The van der Waals surface area contributed by atoms with Crippen molar-refractivity contribution in [2.45, 2.75) is 20.3 Å². The van der Waals surface area contributed by atoms with E-state index in [1.165, 1.54) is 0 Å². The van der Waals surface area contributed by atoms with Gasteiger partial charge < -0.3 is 14.6 Å². The molecule has 1 aliphatic rings. The number of amides is 1. The summed E-state index contributed by atoms with van der Waals surface area (Å²) >= 11 is 12.3. The molecule has 2 aromatic rings. The molecule has 1 saturated heterocycles. The van der Waals surface area contributed by atoms with Gasteiger partial charge in [-0.3, -0.25) is 9.59 Å². The fraction of sp³-hybridized carbons (Fsp3) is 0.333. The first-order valence-corrected chi connectivity index (χ1v) is 9.94. The molecule has 0 bridgehead atoms. The van der Waals surface area contributed by atoms with Crippen molar-refractivity contribution in [2.75, 3.05) is 19.7 Å². The van der Waals surface area contributed by atoms with Gasteiger partial charge in [-0.2, -0.15) is 0 Å². The normalized spacial score (nSPS) is 17.1. The van der Waals surface area contributed by atoms with Gasteiger partial charge in [-0.1, -0.05) is 35.3 Å². The Hall–Kier alpha value is -2.24. The summed E-state index contributed by atoms with van der Waals surface area (Å²) in [6.45, 7) is 5.38. The molecule has 0 aliphatic carbocycles. The smallest absolute Gasteiger partial charge is 0.267 e. The van der Waals surface area contributed by atoms with Crippen LogP contribution in [-0.4, -0.2) is 35.5 Å². The van der Waals surface area contributed by atoms with Crippen LogP contribution in [0.3, 0.4) is 0 Å². The van der Waals surface area contributed by atoms with Gasteiger partial charge in [-0.25, -0.2) is 0 Å². The Bertz CT molecular complexity index is 968. The van der Waals surface area contributed by atoms with Crippen molar-refractivity contribution < 1.29 is 9.53 Å². The second-order valence-corrected chi connectivity index (χ2v) is 7.54. The molecule has 1 aromatic carbocycles. The number of carbonyl (C=O) groups is 1. The minimum Gasteiger partial charge on any atom is -0.492 e. The molecular formula is C21H22Cl2N2O3. The van der Waals surface area contributed by atoms with Gasteiger partial charge in [0, 0.05) is 31.3 Å². The van der Waals surface area contributed by atoms with E-state index in [0.717, 1.165) is 24.1 Å². The summed E-state index contributed by atoms with van der Waals surface area (Å²) in [4.78, 5) is 28.4. The molecule has 1 amide bonds. The van der Waals surface area contributed by atoms with Crippen LogP contribution in [0.1, 0.15) is 31.5 Å². The number of H-pyrrole nitrogens is 1. The van der Waals surface area contributed by atoms with Crippen LogP contribution in [-0.2, 0) is 4.79 Å². The van der Waals surface area contributed by atoms with Gasteiger partial charge in [0.2, 0.25) is 5.91 Å². The van der Waals surface area contributed by atoms with Crippen LogP contribution in [0.5, 0.6) is 5.75 Å². The number of nitrogens with one attached hydrogen (secondary N) is 1. The van der Waals surface area contributed by atoms with Crippen molar-refractivity contribution >= 4 is 34.7 Å². The van der Waals surface area contributed by atoms with Gasteiger partial charge in [0.25, 0.3) is 5.56 Å². The molecule has 2 heterocycles. The SMILES string of the molecule is CCOc1ccc(/C(=C/[C@H]2CCN(C(C)=O)C2)c2ccc(Cl)c(=O)[nH]2)cc1Cl.